The van der Waals surface area contributed by atoms with Crippen LogP contribution in [0.25, 0.3) is 0 Å². The Balaban J connectivity index is 2.28. The number of nitrogens with zero attached hydrogens (tertiary/aromatic N) is 1. The van der Waals surface area contributed by atoms with E-state index < -0.39 is 0 Å². The van der Waals surface area contributed by atoms with E-state index in [9.17, 15) is 0 Å². The van der Waals surface area contributed by atoms with Gasteiger partial charge in [-0.1, -0.05) is 116 Å². The summed E-state index contributed by atoms with van der Waals surface area (Å²) in [4.78, 5) is 2.77. The van der Waals surface area contributed by atoms with E-state index in [1.54, 1.807) is 0 Å². The van der Waals surface area contributed by atoms with Gasteiger partial charge < -0.3 is 4.90 Å². The number of hydrogen-bond acceptors (Lipinski definition) is 1. The lowest BCUT2D eigenvalue weighted by molar-refractivity contribution is 0.208. The summed E-state index contributed by atoms with van der Waals surface area (Å²) in [5.41, 5.74) is 0. The fraction of sp³-hybridized carbons (Fsp3) is 0.852. The first-order chi connectivity index (χ1) is 13.8. The lowest BCUT2D eigenvalue weighted by atomic mass is 9.94. The number of hydrogen-bond donors (Lipinski definition) is 0. The molecule has 1 aliphatic rings. The van der Waals surface area contributed by atoms with Crippen molar-refractivity contribution in [2.75, 3.05) is 19.6 Å². The highest BCUT2D eigenvalue weighted by atomic mass is 15.1. The molecule has 1 heteroatoms. The molecule has 28 heavy (non-hydrogen) atoms. The molecular formula is C27H51N. The molecule has 0 saturated carbocycles. The molecule has 0 aromatic rings. The predicted octanol–water partition coefficient (Wildman–Crippen LogP) is 8.56. The maximum absolute atomic E-state index is 2.77. The Morgan fingerprint density at radius 2 is 1.43 bits per heavy atom. The highest BCUT2D eigenvalue weighted by Crippen LogP contribution is 2.21. The molecule has 2 unspecified atom stereocenters. The van der Waals surface area contributed by atoms with Crippen molar-refractivity contribution in [3.8, 4) is 0 Å². The minimum Gasteiger partial charge on any atom is -0.303 e. The zero-order chi connectivity index (χ0) is 20.3. The highest BCUT2D eigenvalue weighted by Gasteiger charge is 2.14. The Hall–Kier alpha value is -0.560. The average molecular weight is 390 g/mol. The topological polar surface area (TPSA) is 3.24 Å². The van der Waals surface area contributed by atoms with Gasteiger partial charge >= 0.3 is 0 Å². The number of rotatable bonds is 15. The van der Waals surface area contributed by atoms with Crippen molar-refractivity contribution in [3.05, 3.63) is 24.3 Å². The van der Waals surface area contributed by atoms with Gasteiger partial charge in [-0.2, -0.15) is 0 Å². The Bertz CT molecular complexity index is 384. The van der Waals surface area contributed by atoms with E-state index in [-0.39, 0.29) is 0 Å². The van der Waals surface area contributed by atoms with Gasteiger partial charge in [0.2, 0.25) is 0 Å². The van der Waals surface area contributed by atoms with E-state index in [1.165, 1.54) is 116 Å². The van der Waals surface area contributed by atoms with E-state index in [2.05, 4.69) is 50.0 Å². The van der Waals surface area contributed by atoms with Gasteiger partial charge in [-0.25, -0.2) is 0 Å². The molecule has 0 fully saturated rings. The lowest BCUT2D eigenvalue weighted by Crippen LogP contribution is -2.32. The van der Waals surface area contributed by atoms with Crippen molar-refractivity contribution >= 4 is 0 Å². The van der Waals surface area contributed by atoms with Crippen LogP contribution in [0.3, 0.4) is 0 Å². The first kappa shape index (κ1) is 25.5. The lowest BCUT2D eigenvalue weighted by Gasteiger charge is -2.28. The summed E-state index contributed by atoms with van der Waals surface area (Å²) >= 11 is 0. The Morgan fingerprint density at radius 1 is 0.786 bits per heavy atom. The van der Waals surface area contributed by atoms with Gasteiger partial charge in [-0.3, -0.25) is 0 Å². The molecule has 2 atom stereocenters. The molecule has 0 radical (unpaired) electrons. The fourth-order valence-electron chi connectivity index (χ4n) is 4.39. The van der Waals surface area contributed by atoms with Crippen LogP contribution in [0.1, 0.15) is 117 Å². The summed E-state index contributed by atoms with van der Waals surface area (Å²) < 4.78 is 0. The van der Waals surface area contributed by atoms with Gasteiger partial charge in [0, 0.05) is 13.1 Å². The van der Waals surface area contributed by atoms with Crippen molar-refractivity contribution < 1.29 is 0 Å². The Labute approximate surface area is 178 Å². The molecular weight excluding hydrogens is 338 g/mol. The van der Waals surface area contributed by atoms with E-state index >= 15 is 0 Å². The average Bonchev–Trinajstić information content (AvgIpc) is 2.70. The second-order valence-corrected chi connectivity index (χ2v) is 9.29. The molecule has 0 amide bonds. The monoisotopic (exact) mass is 389 g/mol. The van der Waals surface area contributed by atoms with E-state index in [4.69, 9.17) is 0 Å². The zero-order valence-electron chi connectivity index (χ0n) is 19.6. The molecule has 0 aromatic carbocycles. The quantitative estimate of drug-likeness (QED) is 0.253. The van der Waals surface area contributed by atoms with Gasteiger partial charge in [0.1, 0.15) is 0 Å². The maximum Gasteiger partial charge on any atom is 0.00161 e. The van der Waals surface area contributed by atoms with Gasteiger partial charge in [0.25, 0.3) is 0 Å². The molecule has 164 valence electrons. The SMILES string of the molecule is CCCCCCCCCCCC(CCCC)CN1CC/C=C\C=C/C(C)CC1. The van der Waals surface area contributed by atoms with Crippen LogP contribution in [0.15, 0.2) is 24.3 Å². The molecule has 1 heterocycles. The summed E-state index contributed by atoms with van der Waals surface area (Å²) in [6.45, 7) is 10.9. The summed E-state index contributed by atoms with van der Waals surface area (Å²) in [6.07, 6.45) is 30.4. The molecule has 1 rings (SSSR count). The third-order valence-electron chi connectivity index (χ3n) is 6.40. The van der Waals surface area contributed by atoms with Crippen molar-refractivity contribution in [3.63, 3.8) is 0 Å². The predicted molar refractivity (Wildman–Crippen MR) is 128 cm³/mol. The van der Waals surface area contributed by atoms with Crippen molar-refractivity contribution in [2.24, 2.45) is 11.8 Å². The first-order valence-corrected chi connectivity index (χ1v) is 12.8. The van der Waals surface area contributed by atoms with Crippen LogP contribution < -0.4 is 0 Å². The van der Waals surface area contributed by atoms with Gasteiger partial charge in [-0.05, 0) is 44.1 Å². The summed E-state index contributed by atoms with van der Waals surface area (Å²) in [6, 6.07) is 0. The second-order valence-electron chi connectivity index (χ2n) is 9.29. The van der Waals surface area contributed by atoms with Crippen molar-refractivity contribution in [1.82, 2.24) is 4.90 Å². The van der Waals surface area contributed by atoms with Crippen LogP contribution in [0.4, 0.5) is 0 Å². The Morgan fingerprint density at radius 3 is 2.14 bits per heavy atom. The summed E-state index contributed by atoms with van der Waals surface area (Å²) in [7, 11) is 0. The normalized spacial score (nSPS) is 22.0. The second kappa shape index (κ2) is 18.5. The van der Waals surface area contributed by atoms with Crippen molar-refractivity contribution in [2.45, 2.75) is 117 Å². The molecule has 0 N–H and O–H groups in total. The maximum atomic E-state index is 2.77. The first-order valence-electron chi connectivity index (χ1n) is 12.8. The van der Waals surface area contributed by atoms with Crippen molar-refractivity contribution in [1.29, 1.82) is 0 Å². The molecule has 0 bridgehead atoms. The smallest absolute Gasteiger partial charge is 0.00161 e. The molecule has 0 spiro atoms. The van der Waals surface area contributed by atoms with Crippen LogP contribution in [0, 0.1) is 11.8 Å². The third-order valence-corrected chi connectivity index (χ3v) is 6.40. The largest absolute Gasteiger partial charge is 0.303 e. The van der Waals surface area contributed by atoms with Gasteiger partial charge in [-0.15, -0.1) is 0 Å². The number of allylic oxidation sites excluding steroid dienone is 3. The third kappa shape index (κ3) is 14.4. The van der Waals surface area contributed by atoms with E-state index in [0.717, 1.165) is 5.92 Å². The van der Waals surface area contributed by atoms with Gasteiger partial charge in [0.05, 0.1) is 0 Å². The molecule has 0 aliphatic carbocycles. The Kier molecular flexibility index (Phi) is 16.8. The minimum atomic E-state index is 0.705. The molecule has 1 aliphatic heterocycles. The molecule has 0 saturated heterocycles. The van der Waals surface area contributed by atoms with Gasteiger partial charge in [0.15, 0.2) is 0 Å². The van der Waals surface area contributed by atoms with Crippen LogP contribution in [0.2, 0.25) is 0 Å². The van der Waals surface area contributed by atoms with Crippen LogP contribution >= 0.6 is 0 Å². The summed E-state index contributed by atoms with van der Waals surface area (Å²) in [5.74, 6) is 1.62. The minimum absolute atomic E-state index is 0.705. The van der Waals surface area contributed by atoms with E-state index in [1.807, 2.05) is 0 Å². The summed E-state index contributed by atoms with van der Waals surface area (Å²) in [5, 5.41) is 0. The van der Waals surface area contributed by atoms with Crippen LogP contribution in [-0.2, 0) is 0 Å². The molecule has 0 aromatic heterocycles. The zero-order valence-corrected chi connectivity index (χ0v) is 19.6. The van der Waals surface area contributed by atoms with E-state index in [0.29, 0.717) is 5.92 Å². The fourth-order valence-corrected chi connectivity index (χ4v) is 4.39. The van der Waals surface area contributed by atoms with Crippen LogP contribution in [-0.4, -0.2) is 24.5 Å². The molecule has 1 nitrogen and oxygen atoms in total. The highest BCUT2D eigenvalue weighted by molar-refractivity contribution is 5.04. The standard InChI is InChI=1S/C27H51N/c1-4-6-8-9-10-11-12-13-17-21-27(20-7-5-2)25-28-23-18-15-14-16-19-26(3)22-24-28/h14-16,19,26-27H,4-13,17-18,20-25H2,1-3H3/b15-14-,19-16-. The van der Waals surface area contributed by atoms with Crippen LogP contribution in [0.5, 0.6) is 0 Å². The number of unbranched alkanes of at least 4 members (excludes halogenated alkanes) is 9.